The largest absolute Gasteiger partial charge is 0.379 e. The molecule has 6 heteroatoms. The number of carbonyl (C=O) groups is 2. The Labute approximate surface area is 95.1 Å². The molecule has 0 aromatic heterocycles. The van der Waals surface area contributed by atoms with Gasteiger partial charge in [-0.05, 0) is 20.3 Å². The molecule has 0 aromatic carbocycles. The molecule has 0 spiro atoms. The predicted molar refractivity (Wildman–Crippen MR) is 58.8 cm³/mol. The molecule has 1 aliphatic heterocycles. The van der Waals surface area contributed by atoms with Gasteiger partial charge in [-0.3, -0.25) is 4.79 Å². The number of hydrogen-bond acceptors (Lipinski definition) is 3. The van der Waals surface area contributed by atoms with Gasteiger partial charge in [-0.15, -0.1) is 0 Å². The minimum absolute atomic E-state index is 0.0432. The summed E-state index contributed by atoms with van der Waals surface area (Å²) in [4.78, 5) is 24.1. The minimum Gasteiger partial charge on any atom is -0.379 e. The van der Waals surface area contributed by atoms with Crippen LogP contribution in [0, 0.1) is 0 Å². The first kappa shape index (κ1) is 12.8. The number of rotatable bonds is 4. The van der Waals surface area contributed by atoms with Crippen molar-refractivity contribution in [2.45, 2.75) is 32.4 Å². The van der Waals surface area contributed by atoms with Gasteiger partial charge >= 0.3 is 6.03 Å². The molecule has 92 valence electrons. The Morgan fingerprint density at radius 3 is 2.69 bits per heavy atom. The van der Waals surface area contributed by atoms with Crippen LogP contribution in [0.2, 0.25) is 0 Å². The zero-order valence-electron chi connectivity index (χ0n) is 9.73. The minimum atomic E-state index is -0.508. The standard InChI is InChI=1S/C10H19N3O3/c1-7(2)13(5-9(11)14)10(15)12-8-3-4-16-6-8/h7-8H,3-6H2,1-2H3,(H2,11,14)(H,12,15). The van der Waals surface area contributed by atoms with Crippen LogP contribution in [0.4, 0.5) is 4.79 Å². The third kappa shape index (κ3) is 3.69. The van der Waals surface area contributed by atoms with Gasteiger partial charge in [0.15, 0.2) is 0 Å². The van der Waals surface area contributed by atoms with Gasteiger partial charge in [0, 0.05) is 12.6 Å². The SMILES string of the molecule is CC(C)N(CC(N)=O)C(=O)NC1CCOC1. The molecular weight excluding hydrogens is 210 g/mol. The molecular formula is C10H19N3O3. The summed E-state index contributed by atoms with van der Waals surface area (Å²) in [5.74, 6) is -0.508. The van der Waals surface area contributed by atoms with E-state index < -0.39 is 5.91 Å². The molecule has 0 bridgehead atoms. The summed E-state index contributed by atoms with van der Waals surface area (Å²) >= 11 is 0. The normalized spacial score (nSPS) is 19.8. The highest BCUT2D eigenvalue weighted by Crippen LogP contribution is 2.05. The molecule has 6 nitrogen and oxygen atoms in total. The van der Waals surface area contributed by atoms with Crippen LogP contribution in [0.15, 0.2) is 0 Å². The van der Waals surface area contributed by atoms with E-state index in [0.717, 1.165) is 6.42 Å². The fourth-order valence-electron chi connectivity index (χ4n) is 1.56. The van der Waals surface area contributed by atoms with Crippen LogP contribution < -0.4 is 11.1 Å². The van der Waals surface area contributed by atoms with E-state index in [4.69, 9.17) is 10.5 Å². The summed E-state index contributed by atoms with van der Waals surface area (Å²) < 4.78 is 5.15. The fraction of sp³-hybridized carbons (Fsp3) is 0.800. The molecule has 1 aliphatic rings. The molecule has 1 heterocycles. The Morgan fingerprint density at radius 2 is 2.25 bits per heavy atom. The molecule has 0 aliphatic carbocycles. The van der Waals surface area contributed by atoms with Crippen LogP contribution in [0.25, 0.3) is 0 Å². The third-order valence-electron chi connectivity index (χ3n) is 2.47. The van der Waals surface area contributed by atoms with E-state index in [2.05, 4.69) is 5.32 Å². The van der Waals surface area contributed by atoms with Gasteiger partial charge in [-0.25, -0.2) is 4.79 Å². The molecule has 1 saturated heterocycles. The van der Waals surface area contributed by atoms with Gasteiger partial charge in [0.2, 0.25) is 5.91 Å². The lowest BCUT2D eigenvalue weighted by atomic mass is 10.2. The monoisotopic (exact) mass is 229 g/mol. The molecule has 0 aromatic rings. The van der Waals surface area contributed by atoms with Crippen LogP contribution in [0.1, 0.15) is 20.3 Å². The summed E-state index contributed by atoms with van der Waals surface area (Å²) in [6, 6.07) is -0.277. The van der Waals surface area contributed by atoms with E-state index in [1.165, 1.54) is 4.90 Å². The number of ether oxygens (including phenoxy) is 1. The first-order valence-corrected chi connectivity index (χ1v) is 5.44. The van der Waals surface area contributed by atoms with Gasteiger partial charge in [-0.2, -0.15) is 0 Å². The van der Waals surface area contributed by atoms with Crippen molar-refractivity contribution < 1.29 is 14.3 Å². The van der Waals surface area contributed by atoms with Crippen LogP contribution in [0.3, 0.4) is 0 Å². The second-order valence-corrected chi connectivity index (χ2v) is 4.20. The number of amides is 3. The van der Waals surface area contributed by atoms with Crippen molar-refractivity contribution in [3.05, 3.63) is 0 Å². The Kier molecular flexibility index (Phi) is 4.54. The maximum absolute atomic E-state index is 11.8. The molecule has 16 heavy (non-hydrogen) atoms. The topological polar surface area (TPSA) is 84.7 Å². The van der Waals surface area contributed by atoms with Crippen molar-refractivity contribution in [1.29, 1.82) is 0 Å². The summed E-state index contributed by atoms with van der Waals surface area (Å²) in [7, 11) is 0. The molecule has 1 unspecified atom stereocenters. The van der Waals surface area contributed by atoms with Crippen LogP contribution in [-0.2, 0) is 9.53 Å². The highest BCUT2D eigenvalue weighted by Gasteiger charge is 2.23. The molecule has 0 saturated carbocycles. The van der Waals surface area contributed by atoms with E-state index in [1.54, 1.807) is 0 Å². The molecule has 1 atom stereocenters. The van der Waals surface area contributed by atoms with E-state index in [1.807, 2.05) is 13.8 Å². The smallest absolute Gasteiger partial charge is 0.318 e. The van der Waals surface area contributed by atoms with Crippen molar-refractivity contribution in [2.24, 2.45) is 5.73 Å². The lowest BCUT2D eigenvalue weighted by molar-refractivity contribution is -0.118. The van der Waals surface area contributed by atoms with Crippen molar-refractivity contribution in [2.75, 3.05) is 19.8 Å². The predicted octanol–water partition coefficient (Wildman–Crippen LogP) is -0.319. The highest BCUT2D eigenvalue weighted by molar-refractivity contribution is 5.83. The Hall–Kier alpha value is -1.30. The van der Waals surface area contributed by atoms with Gasteiger partial charge < -0.3 is 20.7 Å². The van der Waals surface area contributed by atoms with E-state index in [9.17, 15) is 9.59 Å². The van der Waals surface area contributed by atoms with Crippen molar-refractivity contribution in [1.82, 2.24) is 10.2 Å². The van der Waals surface area contributed by atoms with Crippen LogP contribution in [-0.4, -0.2) is 48.7 Å². The Morgan fingerprint density at radius 1 is 1.56 bits per heavy atom. The van der Waals surface area contributed by atoms with Gasteiger partial charge in [-0.1, -0.05) is 0 Å². The highest BCUT2D eigenvalue weighted by atomic mass is 16.5. The summed E-state index contributed by atoms with van der Waals surface area (Å²) in [5, 5.41) is 2.82. The van der Waals surface area contributed by atoms with E-state index >= 15 is 0 Å². The Balaban J connectivity index is 2.49. The molecule has 1 rings (SSSR count). The lowest BCUT2D eigenvalue weighted by Crippen LogP contribution is -2.50. The first-order valence-electron chi connectivity index (χ1n) is 5.44. The molecule has 3 N–H and O–H groups in total. The van der Waals surface area contributed by atoms with Crippen molar-refractivity contribution in [3.8, 4) is 0 Å². The van der Waals surface area contributed by atoms with Gasteiger partial charge in [0.1, 0.15) is 6.54 Å². The maximum Gasteiger partial charge on any atom is 0.318 e. The summed E-state index contributed by atoms with van der Waals surface area (Å²) in [5.41, 5.74) is 5.09. The molecule has 0 radical (unpaired) electrons. The number of nitrogens with one attached hydrogen (secondary N) is 1. The van der Waals surface area contributed by atoms with Gasteiger partial charge in [0.25, 0.3) is 0 Å². The molecule has 3 amide bonds. The first-order chi connectivity index (χ1) is 7.50. The summed E-state index contributed by atoms with van der Waals surface area (Å²) in [6.45, 7) is 4.83. The van der Waals surface area contributed by atoms with E-state index in [-0.39, 0.29) is 24.7 Å². The average molecular weight is 229 g/mol. The summed E-state index contributed by atoms with van der Waals surface area (Å²) in [6.07, 6.45) is 0.814. The number of urea groups is 1. The zero-order valence-corrected chi connectivity index (χ0v) is 9.73. The molecule has 1 fully saturated rings. The quantitative estimate of drug-likeness (QED) is 0.693. The third-order valence-corrected chi connectivity index (χ3v) is 2.47. The van der Waals surface area contributed by atoms with E-state index in [0.29, 0.717) is 13.2 Å². The Bertz CT molecular complexity index is 262. The average Bonchev–Trinajstić information content (AvgIpc) is 2.65. The van der Waals surface area contributed by atoms with Crippen molar-refractivity contribution in [3.63, 3.8) is 0 Å². The number of hydrogen-bond donors (Lipinski definition) is 2. The number of primary amides is 1. The number of carbonyl (C=O) groups excluding carboxylic acids is 2. The van der Waals surface area contributed by atoms with Gasteiger partial charge in [0.05, 0.1) is 12.6 Å². The van der Waals surface area contributed by atoms with Crippen LogP contribution in [0.5, 0.6) is 0 Å². The number of nitrogens with zero attached hydrogens (tertiary/aromatic N) is 1. The second-order valence-electron chi connectivity index (χ2n) is 4.20. The lowest BCUT2D eigenvalue weighted by Gasteiger charge is -2.26. The second kappa shape index (κ2) is 5.69. The van der Waals surface area contributed by atoms with Crippen molar-refractivity contribution >= 4 is 11.9 Å². The maximum atomic E-state index is 11.8. The van der Waals surface area contributed by atoms with Crippen LogP contribution >= 0.6 is 0 Å². The zero-order chi connectivity index (χ0) is 12.1. The fourth-order valence-corrected chi connectivity index (χ4v) is 1.56. The number of nitrogens with two attached hydrogens (primary N) is 1.